The maximum atomic E-state index is 12.9. The quantitative estimate of drug-likeness (QED) is 0.172. The summed E-state index contributed by atoms with van der Waals surface area (Å²) < 4.78 is 46.0. The zero-order valence-corrected chi connectivity index (χ0v) is 22.1. The molecule has 0 fully saturated rings. The number of nitriles is 1. The smallest absolute Gasteiger partial charge is 0.416 e. The van der Waals surface area contributed by atoms with Gasteiger partial charge in [0, 0.05) is 5.69 Å². The van der Waals surface area contributed by atoms with Gasteiger partial charge in [-0.15, -0.1) is 0 Å². The van der Waals surface area contributed by atoms with Crippen molar-refractivity contribution in [3.05, 3.63) is 110 Å². The number of nitrogens with one attached hydrogen (secondary N) is 1. The van der Waals surface area contributed by atoms with Crippen molar-refractivity contribution >= 4 is 60.3 Å². The minimum absolute atomic E-state index is 0.0687. The standard InChI is InChI=1S/C28H17Br2F3N2O2/c29-24-12-18(11-21(15-34)27(36)35-23-7-3-6-22(14-23)28(31,32)33)13-25(30)26(24)37-16-17-8-9-19-4-1-2-5-20(19)10-17/h1-14H,16H2,(H,35,36)/b21-11-. The van der Waals surface area contributed by atoms with Crippen molar-refractivity contribution in [2.75, 3.05) is 5.32 Å². The molecule has 0 heterocycles. The van der Waals surface area contributed by atoms with E-state index >= 15 is 0 Å². The SMILES string of the molecule is N#C/C(=C/c1cc(Br)c(OCc2ccc3ccccc3c2)c(Br)c1)C(=O)Nc1cccc(C(F)(F)F)c1. The number of carbonyl (C=O) groups excluding carboxylic acids is 1. The number of amides is 1. The lowest BCUT2D eigenvalue weighted by molar-refractivity contribution is -0.137. The fraction of sp³-hybridized carbons (Fsp3) is 0.0714. The van der Waals surface area contributed by atoms with Crippen LogP contribution in [0.15, 0.2) is 93.4 Å². The Morgan fingerprint density at radius 1 is 0.946 bits per heavy atom. The molecule has 186 valence electrons. The summed E-state index contributed by atoms with van der Waals surface area (Å²) in [6.07, 6.45) is -3.21. The lowest BCUT2D eigenvalue weighted by atomic mass is 10.1. The van der Waals surface area contributed by atoms with Crippen molar-refractivity contribution in [1.82, 2.24) is 0 Å². The number of rotatable bonds is 6. The molecule has 4 aromatic carbocycles. The second kappa shape index (κ2) is 11.2. The Balaban J connectivity index is 1.50. The Labute approximate surface area is 227 Å². The summed E-state index contributed by atoms with van der Waals surface area (Å²) in [7, 11) is 0. The van der Waals surface area contributed by atoms with E-state index < -0.39 is 17.6 Å². The number of carbonyl (C=O) groups is 1. The maximum absolute atomic E-state index is 12.9. The van der Waals surface area contributed by atoms with Gasteiger partial charge in [0.05, 0.1) is 14.5 Å². The van der Waals surface area contributed by atoms with Gasteiger partial charge in [-0.25, -0.2) is 0 Å². The van der Waals surface area contributed by atoms with E-state index in [-0.39, 0.29) is 11.3 Å². The molecular formula is C28H17Br2F3N2O2. The highest BCUT2D eigenvalue weighted by Crippen LogP contribution is 2.36. The normalized spacial score (nSPS) is 11.7. The largest absolute Gasteiger partial charge is 0.487 e. The Morgan fingerprint density at radius 2 is 1.65 bits per heavy atom. The molecule has 1 amide bonds. The van der Waals surface area contributed by atoms with Gasteiger partial charge in [0.15, 0.2) is 0 Å². The number of benzene rings is 4. The van der Waals surface area contributed by atoms with E-state index in [2.05, 4.69) is 43.2 Å². The average molecular weight is 630 g/mol. The molecule has 37 heavy (non-hydrogen) atoms. The third-order valence-corrected chi connectivity index (χ3v) is 6.52. The van der Waals surface area contributed by atoms with Gasteiger partial charge in [0.2, 0.25) is 0 Å². The highest BCUT2D eigenvalue weighted by molar-refractivity contribution is 9.11. The first-order valence-corrected chi connectivity index (χ1v) is 12.4. The van der Waals surface area contributed by atoms with Crippen molar-refractivity contribution in [2.24, 2.45) is 0 Å². The zero-order valence-electron chi connectivity index (χ0n) is 18.9. The summed E-state index contributed by atoms with van der Waals surface area (Å²) in [4.78, 5) is 12.6. The average Bonchev–Trinajstić information content (AvgIpc) is 2.86. The lowest BCUT2D eigenvalue weighted by Gasteiger charge is -2.12. The molecule has 1 N–H and O–H groups in total. The minimum Gasteiger partial charge on any atom is -0.487 e. The Hall–Kier alpha value is -3.61. The van der Waals surface area contributed by atoms with E-state index in [0.29, 0.717) is 26.9 Å². The molecule has 4 rings (SSSR count). The van der Waals surface area contributed by atoms with Crippen LogP contribution < -0.4 is 10.1 Å². The number of alkyl halides is 3. The third-order valence-electron chi connectivity index (χ3n) is 5.34. The van der Waals surface area contributed by atoms with Crippen LogP contribution in [0.1, 0.15) is 16.7 Å². The van der Waals surface area contributed by atoms with Gasteiger partial charge in [-0.1, -0.05) is 42.5 Å². The highest BCUT2D eigenvalue weighted by Gasteiger charge is 2.30. The molecule has 0 saturated heterocycles. The van der Waals surface area contributed by atoms with Gasteiger partial charge >= 0.3 is 6.18 Å². The molecule has 4 aromatic rings. The molecule has 0 atom stereocenters. The van der Waals surface area contributed by atoms with Crippen LogP contribution in [0, 0.1) is 11.3 Å². The summed E-state index contributed by atoms with van der Waals surface area (Å²) in [5.74, 6) is -0.289. The topological polar surface area (TPSA) is 62.1 Å². The minimum atomic E-state index is -4.55. The van der Waals surface area contributed by atoms with Gasteiger partial charge in [0.1, 0.15) is 24.0 Å². The molecular weight excluding hydrogens is 613 g/mol. The third kappa shape index (κ3) is 6.59. The van der Waals surface area contributed by atoms with E-state index in [1.165, 1.54) is 18.2 Å². The Bertz CT molecular complexity index is 1540. The monoisotopic (exact) mass is 628 g/mol. The molecule has 0 bridgehead atoms. The number of anilines is 1. The Morgan fingerprint density at radius 3 is 2.32 bits per heavy atom. The fourth-order valence-corrected chi connectivity index (χ4v) is 5.02. The predicted molar refractivity (Wildman–Crippen MR) is 144 cm³/mol. The summed E-state index contributed by atoms with van der Waals surface area (Å²) in [5, 5.41) is 14.1. The molecule has 0 saturated carbocycles. The summed E-state index contributed by atoms with van der Waals surface area (Å²) in [5.41, 5.74) is 0.244. The maximum Gasteiger partial charge on any atom is 0.416 e. The zero-order chi connectivity index (χ0) is 26.6. The van der Waals surface area contributed by atoms with Gasteiger partial charge in [-0.3, -0.25) is 4.79 Å². The summed E-state index contributed by atoms with van der Waals surface area (Å²) in [6.45, 7) is 0.320. The van der Waals surface area contributed by atoms with Crippen LogP contribution in [0.2, 0.25) is 0 Å². The van der Waals surface area contributed by atoms with Crippen molar-refractivity contribution in [3.63, 3.8) is 0 Å². The van der Waals surface area contributed by atoms with Crippen LogP contribution in [-0.4, -0.2) is 5.91 Å². The summed E-state index contributed by atoms with van der Waals surface area (Å²) in [6, 6.07) is 23.4. The van der Waals surface area contributed by atoms with Crippen LogP contribution in [0.5, 0.6) is 5.75 Å². The Kier molecular flexibility index (Phi) is 8.00. The van der Waals surface area contributed by atoms with Crippen LogP contribution in [0.25, 0.3) is 16.8 Å². The molecule has 0 radical (unpaired) electrons. The van der Waals surface area contributed by atoms with Crippen LogP contribution in [0.4, 0.5) is 18.9 Å². The van der Waals surface area contributed by atoms with Crippen LogP contribution in [-0.2, 0) is 17.6 Å². The number of nitrogens with zero attached hydrogens (tertiary/aromatic N) is 1. The first-order chi connectivity index (χ1) is 17.6. The second-order valence-electron chi connectivity index (χ2n) is 7.99. The second-order valence-corrected chi connectivity index (χ2v) is 9.70. The molecule has 9 heteroatoms. The van der Waals surface area contributed by atoms with Crippen LogP contribution in [0.3, 0.4) is 0 Å². The molecule has 0 aliphatic heterocycles. The van der Waals surface area contributed by atoms with Crippen molar-refractivity contribution in [3.8, 4) is 11.8 Å². The van der Waals surface area contributed by atoms with Crippen molar-refractivity contribution in [2.45, 2.75) is 12.8 Å². The lowest BCUT2D eigenvalue weighted by Crippen LogP contribution is -2.14. The van der Waals surface area contributed by atoms with E-state index in [0.717, 1.165) is 28.5 Å². The van der Waals surface area contributed by atoms with Gasteiger partial charge < -0.3 is 10.1 Å². The molecule has 4 nitrogen and oxygen atoms in total. The van der Waals surface area contributed by atoms with E-state index in [1.54, 1.807) is 18.2 Å². The molecule has 0 aliphatic carbocycles. The first-order valence-electron chi connectivity index (χ1n) is 10.8. The molecule has 0 unspecified atom stereocenters. The van der Waals surface area contributed by atoms with Crippen molar-refractivity contribution < 1.29 is 22.7 Å². The number of ether oxygens (including phenoxy) is 1. The van der Waals surface area contributed by atoms with Gasteiger partial charge in [-0.2, -0.15) is 18.4 Å². The predicted octanol–water partition coefficient (Wildman–Crippen LogP) is 8.51. The molecule has 0 aromatic heterocycles. The highest BCUT2D eigenvalue weighted by atomic mass is 79.9. The van der Waals surface area contributed by atoms with E-state index in [9.17, 15) is 23.2 Å². The number of hydrogen-bond acceptors (Lipinski definition) is 3. The first kappa shape index (κ1) is 26.5. The number of fused-ring (bicyclic) bond motifs is 1. The van der Waals surface area contributed by atoms with Gasteiger partial charge in [0.25, 0.3) is 5.91 Å². The van der Waals surface area contributed by atoms with Crippen LogP contribution >= 0.6 is 31.9 Å². The fourth-order valence-electron chi connectivity index (χ4n) is 3.57. The van der Waals surface area contributed by atoms with E-state index in [4.69, 9.17) is 4.74 Å². The van der Waals surface area contributed by atoms with E-state index in [1.807, 2.05) is 36.4 Å². The number of halogens is 5. The van der Waals surface area contributed by atoms with Gasteiger partial charge in [-0.05, 0) is 96.2 Å². The number of hydrogen-bond donors (Lipinski definition) is 1. The molecule has 0 aliphatic rings. The summed E-state index contributed by atoms with van der Waals surface area (Å²) >= 11 is 6.93. The molecule has 0 spiro atoms. The van der Waals surface area contributed by atoms with Crippen molar-refractivity contribution in [1.29, 1.82) is 5.26 Å².